The number of benzene rings is 1. The van der Waals surface area contributed by atoms with Gasteiger partial charge in [0.15, 0.2) is 11.2 Å². The van der Waals surface area contributed by atoms with Gasteiger partial charge in [-0.1, -0.05) is 6.07 Å². The summed E-state index contributed by atoms with van der Waals surface area (Å²) in [6, 6.07) is 5.53. The van der Waals surface area contributed by atoms with E-state index >= 15 is 0 Å². The number of anilines is 1. The van der Waals surface area contributed by atoms with Crippen molar-refractivity contribution in [1.29, 1.82) is 0 Å². The Morgan fingerprint density at radius 2 is 2.27 bits per heavy atom. The van der Waals surface area contributed by atoms with Crippen LogP contribution >= 0.6 is 11.3 Å². The zero-order valence-corrected chi connectivity index (χ0v) is 12.5. The Bertz CT molecular complexity index is 689. The van der Waals surface area contributed by atoms with Crippen LogP contribution in [-0.2, 0) is 16.0 Å². The molecule has 0 aliphatic heterocycles. The van der Waals surface area contributed by atoms with Gasteiger partial charge in [-0.2, -0.15) is 0 Å². The molecule has 0 aliphatic carbocycles. The van der Waals surface area contributed by atoms with Gasteiger partial charge in [0.05, 0.1) is 12.1 Å². The van der Waals surface area contributed by atoms with Crippen molar-refractivity contribution in [3.8, 4) is 5.75 Å². The van der Waals surface area contributed by atoms with E-state index in [1.165, 1.54) is 36.5 Å². The second-order valence-electron chi connectivity index (χ2n) is 4.49. The quantitative estimate of drug-likeness (QED) is 0.846. The van der Waals surface area contributed by atoms with E-state index in [0.29, 0.717) is 10.8 Å². The number of amides is 2. The van der Waals surface area contributed by atoms with E-state index in [9.17, 15) is 14.0 Å². The predicted molar refractivity (Wildman–Crippen MR) is 80.1 cm³/mol. The summed E-state index contributed by atoms with van der Waals surface area (Å²) in [7, 11) is 0. The van der Waals surface area contributed by atoms with Crippen LogP contribution in [0, 0.1) is 5.82 Å². The van der Waals surface area contributed by atoms with Gasteiger partial charge in [0.25, 0.3) is 5.91 Å². The van der Waals surface area contributed by atoms with Gasteiger partial charge in [-0.15, -0.1) is 11.3 Å². The Labute approximate surface area is 130 Å². The first-order valence-corrected chi connectivity index (χ1v) is 7.28. The van der Waals surface area contributed by atoms with Gasteiger partial charge in [0.1, 0.15) is 11.6 Å². The van der Waals surface area contributed by atoms with E-state index in [2.05, 4.69) is 10.3 Å². The third kappa shape index (κ3) is 4.52. The Kier molecular flexibility index (Phi) is 5.05. The molecule has 0 spiro atoms. The van der Waals surface area contributed by atoms with Gasteiger partial charge in [-0.05, 0) is 19.1 Å². The van der Waals surface area contributed by atoms with E-state index in [4.69, 9.17) is 10.5 Å². The molecular weight excluding hydrogens is 309 g/mol. The van der Waals surface area contributed by atoms with Crippen LogP contribution in [0.3, 0.4) is 0 Å². The Morgan fingerprint density at radius 3 is 2.95 bits per heavy atom. The lowest BCUT2D eigenvalue weighted by Crippen LogP contribution is -2.30. The van der Waals surface area contributed by atoms with E-state index in [1.54, 1.807) is 11.4 Å². The van der Waals surface area contributed by atoms with Crippen molar-refractivity contribution in [1.82, 2.24) is 4.98 Å². The molecule has 116 valence electrons. The molecule has 1 atom stereocenters. The van der Waals surface area contributed by atoms with Gasteiger partial charge in [0, 0.05) is 11.4 Å². The van der Waals surface area contributed by atoms with E-state index < -0.39 is 23.7 Å². The standard InChI is InChI=1S/C14H14FN3O3S/c1-8(21-11-4-2-3-9(15)5-11)13(20)18-14-17-10(7-22-14)6-12(16)19/h2-5,7-8H,6H2,1H3,(H2,16,19)(H,17,18,20). The molecule has 1 heterocycles. The molecule has 1 aromatic carbocycles. The number of carbonyl (C=O) groups excluding carboxylic acids is 2. The van der Waals surface area contributed by atoms with Crippen LogP contribution < -0.4 is 15.8 Å². The first-order chi connectivity index (χ1) is 10.4. The van der Waals surface area contributed by atoms with E-state index in [1.807, 2.05) is 0 Å². The lowest BCUT2D eigenvalue weighted by molar-refractivity contribution is -0.122. The van der Waals surface area contributed by atoms with Gasteiger partial charge >= 0.3 is 0 Å². The van der Waals surface area contributed by atoms with Crippen LogP contribution in [0.5, 0.6) is 5.75 Å². The summed E-state index contributed by atoms with van der Waals surface area (Å²) in [6.45, 7) is 1.54. The molecule has 1 aromatic heterocycles. The average molecular weight is 323 g/mol. The SMILES string of the molecule is CC(Oc1cccc(F)c1)C(=O)Nc1nc(CC(N)=O)cs1. The van der Waals surface area contributed by atoms with Gasteiger partial charge in [-0.3, -0.25) is 14.9 Å². The smallest absolute Gasteiger partial charge is 0.266 e. The lowest BCUT2D eigenvalue weighted by atomic mass is 10.3. The van der Waals surface area contributed by atoms with Crippen molar-refractivity contribution in [2.45, 2.75) is 19.4 Å². The summed E-state index contributed by atoms with van der Waals surface area (Å²) in [5.74, 6) is -1.10. The summed E-state index contributed by atoms with van der Waals surface area (Å²) >= 11 is 1.18. The van der Waals surface area contributed by atoms with Crippen LogP contribution in [0.1, 0.15) is 12.6 Å². The molecule has 0 saturated carbocycles. The zero-order chi connectivity index (χ0) is 16.1. The molecule has 2 rings (SSSR count). The van der Waals surface area contributed by atoms with Crippen LogP contribution in [0.2, 0.25) is 0 Å². The van der Waals surface area contributed by atoms with Crippen molar-refractivity contribution in [2.24, 2.45) is 5.73 Å². The molecule has 2 amide bonds. The third-order valence-corrected chi connectivity index (χ3v) is 3.42. The molecule has 1 unspecified atom stereocenters. The fourth-order valence-electron chi connectivity index (χ4n) is 1.63. The maximum Gasteiger partial charge on any atom is 0.266 e. The number of aromatic nitrogens is 1. The highest BCUT2D eigenvalue weighted by atomic mass is 32.1. The molecule has 0 radical (unpaired) electrons. The van der Waals surface area contributed by atoms with Gasteiger partial charge in [-0.25, -0.2) is 9.37 Å². The third-order valence-electron chi connectivity index (χ3n) is 2.62. The number of carbonyl (C=O) groups is 2. The van der Waals surface area contributed by atoms with Gasteiger partial charge < -0.3 is 10.5 Å². The van der Waals surface area contributed by atoms with Crippen LogP contribution in [0.4, 0.5) is 9.52 Å². The van der Waals surface area contributed by atoms with E-state index in [0.717, 1.165) is 0 Å². The second-order valence-corrected chi connectivity index (χ2v) is 5.35. The van der Waals surface area contributed by atoms with Crippen LogP contribution in [0.25, 0.3) is 0 Å². The topological polar surface area (TPSA) is 94.3 Å². The Balaban J connectivity index is 1.93. The molecular formula is C14H14FN3O3S. The minimum atomic E-state index is -0.828. The number of hydrogen-bond acceptors (Lipinski definition) is 5. The highest BCUT2D eigenvalue weighted by Gasteiger charge is 2.17. The number of halogens is 1. The number of thiazole rings is 1. The maximum atomic E-state index is 13.0. The Morgan fingerprint density at radius 1 is 1.50 bits per heavy atom. The van der Waals surface area contributed by atoms with Crippen molar-refractivity contribution in [2.75, 3.05) is 5.32 Å². The van der Waals surface area contributed by atoms with Crippen molar-refractivity contribution in [3.05, 3.63) is 41.2 Å². The summed E-state index contributed by atoms with van der Waals surface area (Å²) in [4.78, 5) is 26.8. The van der Waals surface area contributed by atoms with Crippen molar-refractivity contribution < 1.29 is 18.7 Å². The summed E-state index contributed by atoms with van der Waals surface area (Å²) < 4.78 is 18.4. The van der Waals surface area contributed by atoms with Crippen LogP contribution in [0.15, 0.2) is 29.6 Å². The molecule has 0 saturated heterocycles. The Hall–Kier alpha value is -2.48. The van der Waals surface area contributed by atoms with Crippen molar-refractivity contribution in [3.63, 3.8) is 0 Å². The summed E-state index contributed by atoms with van der Waals surface area (Å²) in [6.07, 6.45) is -0.813. The number of hydrogen-bond donors (Lipinski definition) is 2. The van der Waals surface area contributed by atoms with Crippen molar-refractivity contribution >= 4 is 28.3 Å². The fourth-order valence-corrected chi connectivity index (χ4v) is 2.34. The molecule has 3 N–H and O–H groups in total. The van der Waals surface area contributed by atoms with Crippen LogP contribution in [-0.4, -0.2) is 22.9 Å². The summed E-state index contributed by atoms with van der Waals surface area (Å²) in [5, 5.41) is 4.55. The average Bonchev–Trinajstić information content (AvgIpc) is 2.85. The first-order valence-electron chi connectivity index (χ1n) is 6.40. The number of primary amides is 1. The highest BCUT2D eigenvalue weighted by Crippen LogP contribution is 2.18. The minimum Gasteiger partial charge on any atom is -0.481 e. The first kappa shape index (κ1) is 15.9. The zero-order valence-electron chi connectivity index (χ0n) is 11.7. The largest absolute Gasteiger partial charge is 0.481 e. The lowest BCUT2D eigenvalue weighted by Gasteiger charge is -2.13. The fraction of sp³-hybridized carbons (Fsp3) is 0.214. The molecule has 0 bridgehead atoms. The second kappa shape index (κ2) is 6.99. The maximum absolute atomic E-state index is 13.0. The molecule has 2 aromatic rings. The molecule has 0 fully saturated rings. The normalized spacial score (nSPS) is 11.7. The summed E-state index contributed by atoms with van der Waals surface area (Å²) in [5.41, 5.74) is 5.56. The monoisotopic (exact) mass is 323 g/mol. The number of nitrogens with one attached hydrogen (secondary N) is 1. The number of rotatable bonds is 6. The molecule has 22 heavy (non-hydrogen) atoms. The van der Waals surface area contributed by atoms with Gasteiger partial charge in [0.2, 0.25) is 5.91 Å². The number of ether oxygens (including phenoxy) is 1. The minimum absolute atomic E-state index is 0.0156. The number of nitrogens with two attached hydrogens (primary N) is 1. The van der Waals surface area contributed by atoms with E-state index in [-0.39, 0.29) is 12.2 Å². The number of nitrogens with zero attached hydrogens (tertiary/aromatic N) is 1. The highest BCUT2D eigenvalue weighted by molar-refractivity contribution is 7.13. The molecule has 8 heteroatoms. The predicted octanol–water partition coefficient (Wildman–Crippen LogP) is 1.72. The molecule has 6 nitrogen and oxygen atoms in total. The molecule has 0 aliphatic rings.